The van der Waals surface area contributed by atoms with Gasteiger partial charge in [0, 0.05) is 6.04 Å². The Kier molecular flexibility index (Phi) is 7.67. The molecule has 0 radical (unpaired) electrons. The zero-order valence-corrected chi connectivity index (χ0v) is 11.8. The first-order chi connectivity index (χ1) is 9.09. The van der Waals surface area contributed by atoms with Crippen LogP contribution in [0.25, 0.3) is 0 Å². The molecule has 4 heteroatoms. The normalized spacial score (nSPS) is 14.6. The van der Waals surface area contributed by atoms with Crippen molar-refractivity contribution in [2.75, 3.05) is 19.8 Å². The molecule has 2 unspecified atom stereocenters. The highest BCUT2D eigenvalue weighted by Crippen LogP contribution is 2.05. The summed E-state index contributed by atoms with van der Waals surface area (Å²) < 4.78 is 10.7. The van der Waals surface area contributed by atoms with E-state index in [0.717, 1.165) is 5.56 Å². The molecule has 1 aromatic carbocycles. The predicted octanol–water partition coefficient (Wildman–Crippen LogP) is 1.36. The van der Waals surface area contributed by atoms with Crippen LogP contribution in [0.3, 0.4) is 0 Å². The Balaban J connectivity index is 2.16. The Morgan fingerprint density at radius 1 is 1.16 bits per heavy atom. The molecule has 1 rings (SSSR count). The van der Waals surface area contributed by atoms with Gasteiger partial charge in [0.15, 0.2) is 0 Å². The molecular weight excluding hydrogens is 242 g/mol. The highest BCUT2D eigenvalue weighted by atomic mass is 16.5. The molecule has 0 aliphatic rings. The quantitative estimate of drug-likeness (QED) is 0.663. The number of rotatable bonds is 9. The van der Waals surface area contributed by atoms with Gasteiger partial charge in [0.05, 0.1) is 32.0 Å². The van der Waals surface area contributed by atoms with Crippen molar-refractivity contribution in [3.8, 4) is 0 Å². The molecule has 0 saturated heterocycles. The van der Waals surface area contributed by atoms with E-state index < -0.39 is 6.10 Å². The molecule has 0 spiro atoms. The molecule has 1 aromatic rings. The van der Waals surface area contributed by atoms with Crippen LogP contribution in [0.2, 0.25) is 0 Å². The van der Waals surface area contributed by atoms with Crippen LogP contribution in [-0.2, 0) is 15.9 Å². The van der Waals surface area contributed by atoms with Crippen LogP contribution < -0.4 is 5.73 Å². The number of ether oxygens (including phenoxy) is 2. The lowest BCUT2D eigenvalue weighted by molar-refractivity contribution is -0.0163. The first-order valence-corrected chi connectivity index (χ1v) is 6.76. The van der Waals surface area contributed by atoms with Crippen molar-refractivity contribution in [3.05, 3.63) is 35.9 Å². The molecule has 0 heterocycles. The maximum absolute atomic E-state index is 9.90. The first kappa shape index (κ1) is 16.1. The molecule has 3 N–H and O–H groups in total. The van der Waals surface area contributed by atoms with Gasteiger partial charge < -0.3 is 20.3 Å². The van der Waals surface area contributed by atoms with Gasteiger partial charge in [0.2, 0.25) is 0 Å². The minimum atomic E-state index is -0.653. The molecule has 19 heavy (non-hydrogen) atoms. The van der Waals surface area contributed by atoms with Gasteiger partial charge in [-0.25, -0.2) is 0 Å². The second-order valence-electron chi connectivity index (χ2n) is 4.92. The van der Waals surface area contributed by atoms with E-state index in [4.69, 9.17) is 15.2 Å². The molecule has 4 nitrogen and oxygen atoms in total. The lowest BCUT2D eigenvalue weighted by Crippen LogP contribution is -2.39. The molecule has 0 bridgehead atoms. The summed E-state index contributed by atoms with van der Waals surface area (Å²) in [6, 6.07) is 9.59. The number of nitrogens with two attached hydrogens (primary N) is 1. The Hall–Kier alpha value is -0.940. The zero-order chi connectivity index (χ0) is 14.1. The van der Waals surface area contributed by atoms with Crippen molar-refractivity contribution in [3.63, 3.8) is 0 Å². The van der Waals surface area contributed by atoms with Crippen LogP contribution in [0, 0.1) is 0 Å². The number of hydrogen-bond acceptors (Lipinski definition) is 4. The monoisotopic (exact) mass is 267 g/mol. The summed E-state index contributed by atoms with van der Waals surface area (Å²) in [7, 11) is 0. The second-order valence-corrected chi connectivity index (χ2v) is 4.92. The second kappa shape index (κ2) is 9.04. The molecule has 0 saturated carbocycles. The summed E-state index contributed by atoms with van der Waals surface area (Å²) in [5, 5.41) is 9.90. The van der Waals surface area contributed by atoms with Gasteiger partial charge in [0.25, 0.3) is 0 Å². The third-order valence-electron chi connectivity index (χ3n) is 2.78. The summed E-state index contributed by atoms with van der Waals surface area (Å²) in [4.78, 5) is 0. The van der Waals surface area contributed by atoms with Crippen LogP contribution >= 0.6 is 0 Å². The van der Waals surface area contributed by atoms with E-state index in [-0.39, 0.29) is 18.8 Å². The van der Waals surface area contributed by atoms with Crippen LogP contribution in [0.4, 0.5) is 0 Å². The van der Waals surface area contributed by atoms with E-state index in [1.165, 1.54) is 0 Å². The fourth-order valence-electron chi connectivity index (χ4n) is 1.69. The van der Waals surface area contributed by atoms with Crippen LogP contribution in [0.5, 0.6) is 0 Å². The average molecular weight is 267 g/mol. The predicted molar refractivity (Wildman–Crippen MR) is 76.0 cm³/mol. The molecule has 0 aliphatic heterocycles. The van der Waals surface area contributed by atoms with Gasteiger partial charge in [-0.2, -0.15) is 0 Å². The van der Waals surface area contributed by atoms with Crippen molar-refractivity contribution < 1.29 is 14.6 Å². The average Bonchev–Trinajstić information content (AvgIpc) is 2.38. The Bertz CT molecular complexity index is 329. The van der Waals surface area contributed by atoms with Crippen molar-refractivity contribution in [2.24, 2.45) is 5.73 Å². The number of hydrogen-bond donors (Lipinski definition) is 2. The molecule has 0 aliphatic carbocycles. The van der Waals surface area contributed by atoms with Gasteiger partial charge in [-0.3, -0.25) is 0 Å². The highest BCUT2D eigenvalue weighted by Gasteiger charge is 2.15. The van der Waals surface area contributed by atoms with Gasteiger partial charge in [-0.15, -0.1) is 0 Å². The largest absolute Gasteiger partial charge is 0.389 e. The topological polar surface area (TPSA) is 64.7 Å². The molecular formula is C15H25NO3. The Morgan fingerprint density at radius 3 is 2.47 bits per heavy atom. The zero-order valence-electron chi connectivity index (χ0n) is 11.8. The summed E-state index contributed by atoms with van der Waals surface area (Å²) in [5.41, 5.74) is 7.07. The smallest absolute Gasteiger partial charge is 0.0927 e. The van der Waals surface area contributed by atoms with Crippen molar-refractivity contribution in [1.82, 2.24) is 0 Å². The standard InChI is InChI=1S/C15H25NO3/c1-12(2)19-9-8-18-11-15(17)14(16)10-13-6-4-3-5-7-13/h3-7,12,14-15,17H,8-11,16H2,1-2H3. The van der Waals surface area contributed by atoms with Crippen molar-refractivity contribution >= 4 is 0 Å². The fraction of sp³-hybridized carbons (Fsp3) is 0.600. The van der Waals surface area contributed by atoms with E-state index >= 15 is 0 Å². The van der Waals surface area contributed by atoms with Crippen molar-refractivity contribution in [2.45, 2.75) is 38.5 Å². The number of aliphatic hydroxyl groups is 1. The minimum Gasteiger partial charge on any atom is -0.389 e. The van der Waals surface area contributed by atoms with Crippen LogP contribution in [0.15, 0.2) is 30.3 Å². The van der Waals surface area contributed by atoms with Gasteiger partial charge in [-0.05, 0) is 25.8 Å². The molecule has 0 fully saturated rings. The van der Waals surface area contributed by atoms with E-state index in [1.54, 1.807) is 0 Å². The summed E-state index contributed by atoms with van der Waals surface area (Å²) >= 11 is 0. The maximum Gasteiger partial charge on any atom is 0.0927 e. The third-order valence-corrected chi connectivity index (χ3v) is 2.78. The maximum atomic E-state index is 9.90. The van der Waals surface area contributed by atoms with Gasteiger partial charge in [-0.1, -0.05) is 30.3 Å². The van der Waals surface area contributed by atoms with E-state index in [1.807, 2.05) is 44.2 Å². The first-order valence-electron chi connectivity index (χ1n) is 6.76. The van der Waals surface area contributed by atoms with E-state index in [2.05, 4.69) is 0 Å². The number of aliphatic hydroxyl groups excluding tert-OH is 1. The lowest BCUT2D eigenvalue weighted by Gasteiger charge is -2.19. The molecule has 108 valence electrons. The fourth-order valence-corrected chi connectivity index (χ4v) is 1.69. The highest BCUT2D eigenvalue weighted by molar-refractivity contribution is 5.16. The minimum absolute atomic E-state index is 0.203. The molecule has 2 atom stereocenters. The molecule has 0 amide bonds. The van der Waals surface area contributed by atoms with Crippen LogP contribution in [0.1, 0.15) is 19.4 Å². The summed E-state index contributed by atoms with van der Waals surface area (Å²) in [6.07, 6.45) is 0.196. The van der Waals surface area contributed by atoms with Crippen molar-refractivity contribution in [1.29, 1.82) is 0 Å². The van der Waals surface area contributed by atoms with Gasteiger partial charge >= 0.3 is 0 Å². The van der Waals surface area contributed by atoms with E-state index in [0.29, 0.717) is 19.6 Å². The SMILES string of the molecule is CC(C)OCCOCC(O)C(N)Cc1ccccc1. The van der Waals surface area contributed by atoms with Gasteiger partial charge in [0.1, 0.15) is 0 Å². The number of benzene rings is 1. The Morgan fingerprint density at radius 2 is 1.84 bits per heavy atom. The van der Waals surface area contributed by atoms with E-state index in [9.17, 15) is 5.11 Å². The van der Waals surface area contributed by atoms with Crippen LogP contribution in [-0.4, -0.2) is 43.2 Å². The lowest BCUT2D eigenvalue weighted by atomic mass is 10.0. The molecule has 0 aromatic heterocycles. The summed E-state index contributed by atoms with van der Waals surface area (Å²) in [6.45, 7) is 5.22. The third kappa shape index (κ3) is 7.28. The Labute approximate surface area is 115 Å². The summed E-state index contributed by atoms with van der Waals surface area (Å²) in [5.74, 6) is 0.